The van der Waals surface area contributed by atoms with Crippen molar-refractivity contribution >= 4 is 41.7 Å². The molecule has 33 heavy (non-hydrogen) atoms. The number of benzene rings is 1. The van der Waals surface area contributed by atoms with Crippen molar-refractivity contribution in [2.24, 2.45) is 7.05 Å². The van der Waals surface area contributed by atoms with Crippen molar-refractivity contribution in [2.75, 3.05) is 11.9 Å². The zero-order valence-corrected chi connectivity index (χ0v) is 23.0. The molecule has 7 nitrogen and oxygen atoms in total. The average molecular weight is 543 g/mol. The summed E-state index contributed by atoms with van der Waals surface area (Å²) < 4.78 is 22.4. The zero-order chi connectivity index (χ0) is 25.1. The first kappa shape index (κ1) is 27.2. The minimum atomic E-state index is -1.97. The molecule has 0 aliphatic heterocycles. The summed E-state index contributed by atoms with van der Waals surface area (Å²) in [4.78, 5) is 30.8. The molecule has 182 valence electrons. The Labute approximate surface area is 203 Å². The highest BCUT2D eigenvalue weighted by molar-refractivity contribution is 9.10. The van der Waals surface area contributed by atoms with Crippen LogP contribution >= 0.6 is 15.9 Å². The van der Waals surface area contributed by atoms with Crippen molar-refractivity contribution in [3.05, 3.63) is 56.0 Å². The molecular formula is C23H33BrFN3O4Si. The lowest BCUT2D eigenvalue weighted by atomic mass is 10.1. The van der Waals surface area contributed by atoms with E-state index in [1.165, 1.54) is 29.8 Å². The molecule has 0 aliphatic rings. The summed E-state index contributed by atoms with van der Waals surface area (Å²) in [5.41, 5.74) is 2.77. The van der Waals surface area contributed by atoms with Crippen LogP contribution in [0.3, 0.4) is 0 Å². The maximum Gasteiger partial charge on any atom is 0.278 e. The number of hydrogen-bond acceptors (Lipinski definition) is 5. The lowest BCUT2D eigenvalue weighted by molar-refractivity contribution is -0.00343. The van der Waals surface area contributed by atoms with Gasteiger partial charge in [0.25, 0.3) is 11.5 Å². The number of nitrogens with zero attached hydrogens (tertiary/aromatic N) is 1. The van der Waals surface area contributed by atoms with Gasteiger partial charge in [0, 0.05) is 17.1 Å². The van der Waals surface area contributed by atoms with Crippen LogP contribution in [0.25, 0.3) is 0 Å². The van der Waals surface area contributed by atoms with Crippen molar-refractivity contribution in [2.45, 2.75) is 58.9 Å². The van der Waals surface area contributed by atoms with Gasteiger partial charge in [0.05, 0.1) is 24.0 Å². The van der Waals surface area contributed by atoms with Gasteiger partial charge in [-0.2, -0.15) is 0 Å². The van der Waals surface area contributed by atoms with Gasteiger partial charge >= 0.3 is 0 Å². The van der Waals surface area contributed by atoms with Gasteiger partial charge in [0.1, 0.15) is 11.6 Å². The van der Waals surface area contributed by atoms with E-state index in [1.54, 1.807) is 13.0 Å². The van der Waals surface area contributed by atoms with E-state index in [2.05, 4.69) is 60.6 Å². The molecule has 2 rings (SSSR count). The Morgan fingerprint density at radius 1 is 1.27 bits per heavy atom. The van der Waals surface area contributed by atoms with Crippen LogP contribution in [0.15, 0.2) is 33.5 Å². The van der Waals surface area contributed by atoms with E-state index < -0.39 is 20.0 Å². The number of anilines is 2. The molecule has 0 radical (unpaired) electrons. The third kappa shape index (κ3) is 6.75. The van der Waals surface area contributed by atoms with Gasteiger partial charge in [0.15, 0.2) is 8.32 Å². The Hall–Kier alpha value is -2.01. The van der Waals surface area contributed by atoms with E-state index in [9.17, 15) is 14.0 Å². The third-order valence-electron chi connectivity index (χ3n) is 5.81. The fraction of sp³-hybridized carbons (Fsp3) is 0.478. The number of carbonyl (C=O) groups is 1. The number of rotatable bonds is 8. The molecule has 1 atom stereocenters. The van der Waals surface area contributed by atoms with Crippen molar-refractivity contribution in [3.63, 3.8) is 0 Å². The van der Waals surface area contributed by atoms with E-state index in [0.717, 1.165) is 0 Å². The van der Waals surface area contributed by atoms with Crippen LogP contribution in [-0.2, 0) is 16.3 Å². The first-order chi connectivity index (χ1) is 15.1. The SMILES string of the molecule is Cc1cc(C(=O)NOC[C@H](C)O[Si](C)(C)C(C)(C)C)c(Nc2ccc(Br)cc2F)n(C)c1=O. The van der Waals surface area contributed by atoms with Crippen LogP contribution < -0.4 is 16.4 Å². The number of nitrogens with one attached hydrogen (secondary N) is 2. The molecule has 0 spiro atoms. The van der Waals surface area contributed by atoms with Gasteiger partial charge in [0.2, 0.25) is 0 Å². The van der Waals surface area contributed by atoms with Crippen LogP contribution in [0.4, 0.5) is 15.9 Å². The Kier molecular flexibility index (Phi) is 8.66. The molecule has 0 aliphatic carbocycles. The highest BCUT2D eigenvalue weighted by Gasteiger charge is 2.38. The van der Waals surface area contributed by atoms with Gasteiger partial charge in [-0.1, -0.05) is 36.7 Å². The number of amides is 1. The number of hydroxylamine groups is 1. The molecule has 2 N–H and O–H groups in total. The standard InChI is InChI=1S/C23H33BrFN3O4Si/c1-14-11-17(21(29)27-31-13-15(2)32-33(7,8)23(3,4)5)20(28(6)22(14)30)26-19-10-9-16(24)12-18(19)25/h9-12,15,26H,13H2,1-8H3,(H,27,29)/t15-/m0/s1. The van der Waals surface area contributed by atoms with Crippen molar-refractivity contribution < 1.29 is 18.4 Å². The summed E-state index contributed by atoms with van der Waals surface area (Å²) in [6, 6.07) is 5.92. The molecule has 2 aromatic rings. The van der Waals surface area contributed by atoms with Crippen LogP contribution in [0, 0.1) is 12.7 Å². The van der Waals surface area contributed by atoms with Gasteiger partial charge < -0.3 is 9.74 Å². The summed E-state index contributed by atoms with van der Waals surface area (Å²) in [7, 11) is -0.457. The number of aromatic nitrogens is 1. The first-order valence-electron chi connectivity index (χ1n) is 10.7. The summed E-state index contributed by atoms with van der Waals surface area (Å²) in [5.74, 6) is -0.941. The minimum absolute atomic E-state index is 0.0553. The molecular weight excluding hydrogens is 509 g/mol. The van der Waals surface area contributed by atoms with E-state index in [-0.39, 0.29) is 40.4 Å². The number of halogens is 2. The highest BCUT2D eigenvalue weighted by Crippen LogP contribution is 2.37. The molecule has 1 aromatic heterocycles. The lowest BCUT2D eigenvalue weighted by Crippen LogP contribution is -2.44. The monoisotopic (exact) mass is 541 g/mol. The van der Waals surface area contributed by atoms with Crippen molar-refractivity contribution in [1.82, 2.24) is 10.0 Å². The van der Waals surface area contributed by atoms with Crippen molar-refractivity contribution in [3.8, 4) is 0 Å². The fourth-order valence-electron chi connectivity index (χ4n) is 2.93. The van der Waals surface area contributed by atoms with Crippen LogP contribution in [-0.4, -0.2) is 31.5 Å². The number of carbonyl (C=O) groups excluding carboxylic acids is 1. The second kappa shape index (κ2) is 10.5. The summed E-state index contributed by atoms with van der Waals surface area (Å²) in [6.07, 6.45) is -0.220. The Bertz CT molecular complexity index is 1080. The van der Waals surface area contributed by atoms with Crippen LogP contribution in [0.1, 0.15) is 43.6 Å². The summed E-state index contributed by atoms with van der Waals surface area (Å²) >= 11 is 3.21. The molecule has 10 heteroatoms. The normalized spacial score (nSPS) is 13.0. The van der Waals surface area contributed by atoms with E-state index in [1.807, 2.05) is 6.92 Å². The van der Waals surface area contributed by atoms with Crippen LogP contribution in [0.5, 0.6) is 0 Å². The highest BCUT2D eigenvalue weighted by atomic mass is 79.9. The predicted octanol–water partition coefficient (Wildman–Crippen LogP) is 5.41. The quantitative estimate of drug-likeness (QED) is 0.345. The molecule has 1 aromatic carbocycles. The summed E-state index contributed by atoms with van der Waals surface area (Å²) in [5, 5.41) is 2.92. The summed E-state index contributed by atoms with van der Waals surface area (Å²) in [6.45, 7) is 14.4. The smallest absolute Gasteiger partial charge is 0.278 e. The number of aryl methyl sites for hydroxylation is 1. The average Bonchev–Trinajstić information content (AvgIpc) is 2.68. The van der Waals surface area contributed by atoms with Gasteiger partial charge in [-0.3, -0.25) is 19.0 Å². The second-order valence-corrected chi connectivity index (χ2v) is 15.3. The van der Waals surface area contributed by atoms with Crippen molar-refractivity contribution in [1.29, 1.82) is 0 Å². The largest absolute Gasteiger partial charge is 0.412 e. The fourth-order valence-corrected chi connectivity index (χ4v) is 4.69. The maximum atomic E-state index is 14.4. The van der Waals surface area contributed by atoms with E-state index in [0.29, 0.717) is 10.0 Å². The van der Waals surface area contributed by atoms with E-state index in [4.69, 9.17) is 9.26 Å². The number of pyridine rings is 1. The minimum Gasteiger partial charge on any atom is -0.412 e. The Balaban J connectivity index is 2.19. The predicted molar refractivity (Wildman–Crippen MR) is 135 cm³/mol. The van der Waals surface area contributed by atoms with E-state index >= 15 is 0 Å². The molecule has 0 saturated carbocycles. The van der Waals surface area contributed by atoms with Gasteiger partial charge in [-0.15, -0.1) is 0 Å². The molecule has 0 saturated heterocycles. The lowest BCUT2D eigenvalue weighted by Gasteiger charge is -2.38. The number of hydrogen-bond donors (Lipinski definition) is 2. The molecule has 0 fully saturated rings. The Morgan fingerprint density at radius 3 is 2.48 bits per heavy atom. The topological polar surface area (TPSA) is 81.6 Å². The second-order valence-electron chi connectivity index (χ2n) is 9.63. The van der Waals surface area contributed by atoms with Crippen LogP contribution in [0.2, 0.25) is 18.1 Å². The maximum absolute atomic E-state index is 14.4. The third-order valence-corrected chi connectivity index (χ3v) is 10.9. The zero-order valence-electron chi connectivity index (χ0n) is 20.4. The molecule has 1 heterocycles. The molecule has 0 unspecified atom stereocenters. The Morgan fingerprint density at radius 2 is 1.91 bits per heavy atom. The molecule has 0 bridgehead atoms. The molecule has 1 amide bonds. The van der Waals surface area contributed by atoms with Gasteiger partial charge in [-0.25, -0.2) is 9.87 Å². The van der Waals surface area contributed by atoms with Gasteiger partial charge in [-0.05, 0) is 56.2 Å². The first-order valence-corrected chi connectivity index (χ1v) is 14.4.